The molecule has 0 unspecified atom stereocenters. The second-order valence-electron chi connectivity index (χ2n) is 4.03. The maximum absolute atomic E-state index is 13.6. The van der Waals surface area contributed by atoms with Crippen LogP contribution in [0.2, 0.25) is 0 Å². The Labute approximate surface area is 96.8 Å². The fourth-order valence-corrected chi connectivity index (χ4v) is 1.77. The van der Waals surface area contributed by atoms with Gasteiger partial charge >= 0.3 is 0 Å². The fraction of sp³-hybridized carbons (Fsp3) is 0.538. The zero-order chi connectivity index (χ0) is 12.0. The Balaban J connectivity index is 2.47. The standard InChI is InChI=1S/C13H20FNO/c1-10-8-11(2)12(13(14)9-10)4-5-15-6-7-16-3/h8-9,15H,4-7H2,1-3H3. The van der Waals surface area contributed by atoms with Crippen LogP contribution in [-0.2, 0) is 11.2 Å². The van der Waals surface area contributed by atoms with E-state index >= 15 is 0 Å². The summed E-state index contributed by atoms with van der Waals surface area (Å²) in [5.74, 6) is -0.0916. The summed E-state index contributed by atoms with van der Waals surface area (Å²) >= 11 is 0. The highest BCUT2D eigenvalue weighted by molar-refractivity contribution is 5.32. The van der Waals surface area contributed by atoms with Gasteiger partial charge in [-0.25, -0.2) is 4.39 Å². The monoisotopic (exact) mass is 225 g/mol. The number of nitrogens with one attached hydrogen (secondary N) is 1. The molecule has 2 nitrogen and oxygen atoms in total. The molecule has 1 N–H and O–H groups in total. The van der Waals surface area contributed by atoms with Gasteiger partial charge < -0.3 is 10.1 Å². The lowest BCUT2D eigenvalue weighted by Gasteiger charge is -2.09. The average molecular weight is 225 g/mol. The zero-order valence-corrected chi connectivity index (χ0v) is 10.3. The maximum atomic E-state index is 13.6. The number of halogens is 1. The van der Waals surface area contributed by atoms with Crippen LogP contribution in [0.1, 0.15) is 16.7 Å². The quantitative estimate of drug-likeness (QED) is 0.750. The van der Waals surface area contributed by atoms with Crippen molar-refractivity contribution >= 4 is 0 Å². The van der Waals surface area contributed by atoms with Gasteiger partial charge in [0.15, 0.2) is 0 Å². The van der Waals surface area contributed by atoms with Gasteiger partial charge in [0.2, 0.25) is 0 Å². The molecule has 3 heteroatoms. The number of ether oxygens (including phenoxy) is 1. The van der Waals surface area contributed by atoms with Gasteiger partial charge in [-0.3, -0.25) is 0 Å². The summed E-state index contributed by atoms with van der Waals surface area (Å²) < 4.78 is 18.6. The van der Waals surface area contributed by atoms with E-state index in [1.807, 2.05) is 19.9 Å². The van der Waals surface area contributed by atoms with Crippen molar-refractivity contribution in [1.82, 2.24) is 5.32 Å². The Morgan fingerprint density at radius 2 is 2.00 bits per heavy atom. The van der Waals surface area contributed by atoms with E-state index in [2.05, 4.69) is 5.32 Å². The van der Waals surface area contributed by atoms with Gasteiger partial charge in [0, 0.05) is 13.7 Å². The molecule has 16 heavy (non-hydrogen) atoms. The molecule has 1 rings (SSSR count). The molecule has 0 amide bonds. The minimum Gasteiger partial charge on any atom is -0.383 e. The van der Waals surface area contributed by atoms with Crippen LogP contribution in [0.4, 0.5) is 4.39 Å². The van der Waals surface area contributed by atoms with E-state index < -0.39 is 0 Å². The van der Waals surface area contributed by atoms with Gasteiger partial charge in [-0.15, -0.1) is 0 Å². The number of rotatable bonds is 6. The third-order valence-electron chi connectivity index (χ3n) is 2.60. The predicted octanol–water partition coefficient (Wildman–Crippen LogP) is 2.22. The predicted molar refractivity (Wildman–Crippen MR) is 64.3 cm³/mol. The molecule has 0 bridgehead atoms. The molecule has 0 saturated carbocycles. The van der Waals surface area contributed by atoms with Crippen LogP contribution < -0.4 is 5.32 Å². The van der Waals surface area contributed by atoms with E-state index in [0.29, 0.717) is 6.61 Å². The van der Waals surface area contributed by atoms with E-state index in [-0.39, 0.29) is 5.82 Å². The van der Waals surface area contributed by atoms with E-state index in [1.54, 1.807) is 13.2 Å². The molecule has 0 spiro atoms. The molecule has 0 aliphatic heterocycles. The van der Waals surface area contributed by atoms with E-state index in [0.717, 1.165) is 36.2 Å². The molecule has 0 radical (unpaired) electrons. The molecule has 0 heterocycles. The average Bonchev–Trinajstić information content (AvgIpc) is 2.20. The number of methoxy groups -OCH3 is 1. The van der Waals surface area contributed by atoms with Gasteiger partial charge in [0.05, 0.1) is 6.61 Å². The van der Waals surface area contributed by atoms with Crippen molar-refractivity contribution < 1.29 is 9.13 Å². The molecule has 1 aromatic carbocycles. The van der Waals surface area contributed by atoms with Crippen molar-refractivity contribution in [3.63, 3.8) is 0 Å². The summed E-state index contributed by atoms with van der Waals surface area (Å²) in [6, 6.07) is 3.62. The molecule has 0 aliphatic rings. The van der Waals surface area contributed by atoms with E-state index in [9.17, 15) is 4.39 Å². The minimum absolute atomic E-state index is 0.0916. The molecule has 0 atom stereocenters. The maximum Gasteiger partial charge on any atom is 0.126 e. The SMILES string of the molecule is COCCNCCc1c(C)cc(C)cc1F. The minimum atomic E-state index is -0.0916. The highest BCUT2D eigenvalue weighted by Crippen LogP contribution is 2.15. The zero-order valence-electron chi connectivity index (χ0n) is 10.3. The van der Waals surface area contributed by atoms with Crippen molar-refractivity contribution in [2.45, 2.75) is 20.3 Å². The number of aryl methyl sites for hydroxylation is 2. The van der Waals surface area contributed by atoms with Crippen LogP contribution in [0.15, 0.2) is 12.1 Å². The fourth-order valence-electron chi connectivity index (χ4n) is 1.77. The Hall–Kier alpha value is -0.930. The molecular formula is C13H20FNO. The van der Waals surface area contributed by atoms with Crippen LogP contribution in [0, 0.1) is 19.7 Å². The van der Waals surface area contributed by atoms with Gasteiger partial charge in [0.1, 0.15) is 5.82 Å². The highest BCUT2D eigenvalue weighted by atomic mass is 19.1. The summed E-state index contributed by atoms with van der Waals surface area (Å²) in [7, 11) is 1.67. The molecule has 0 aliphatic carbocycles. The molecule has 0 fully saturated rings. The Morgan fingerprint density at radius 1 is 1.25 bits per heavy atom. The van der Waals surface area contributed by atoms with Gasteiger partial charge in [0.25, 0.3) is 0 Å². The second kappa shape index (κ2) is 6.61. The van der Waals surface area contributed by atoms with Gasteiger partial charge in [-0.2, -0.15) is 0 Å². The Bertz CT molecular complexity index is 316. The topological polar surface area (TPSA) is 21.3 Å². The van der Waals surface area contributed by atoms with Crippen LogP contribution in [-0.4, -0.2) is 26.8 Å². The van der Waals surface area contributed by atoms with Crippen molar-refractivity contribution in [2.75, 3.05) is 26.8 Å². The van der Waals surface area contributed by atoms with E-state index in [4.69, 9.17) is 4.74 Å². The van der Waals surface area contributed by atoms with Crippen molar-refractivity contribution in [2.24, 2.45) is 0 Å². The van der Waals surface area contributed by atoms with Gasteiger partial charge in [-0.1, -0.05) is 6.07 Å². The number of hydrogen-bond donors (Lipinski definition) is 1. The summed E-state index contributed by atoms with van der Waals surface area (Å²) in [6.45, 7) is 6.15. The van der Waals surface area contributed by atoms with Crippen molar-refractivity contribution in [3.05, 3.63) is 34.6 Å². The Kier molecular flexibility index (Phi) is 5.43. The van der Waals surface area contributed by atoms with Crippen LogP contribution in [0.3, 0.4) is 0 Å². The molecule has 0 saturated heterocycles. The van der Waals surface area contributed by atoms with Crippen LogP contribution in [0.5, 0.6) is 0 Å². The third-order valence-corrected chi connectivity index (χ3v) is 2.60. The summed E-state index contributed by atoms with van der Waals surface area (Å²) in [5, 5.41) is 3.21. The Morgan fingerprint density at radius 3 is 2.62 bits per heavy atom. The summed E-state index contributed by atoms with van der Waals surface area (Å²) in [6.07, 6.45) is 0.724. The number of benzene rings is 1. The smallest absolute Gasteiger partial charge is 0.126 e. The first-order valence-corrected chi connectivity index (χ1v) is 5.60. The van der Waals surface area contributed by atoms with Gasteiger partial charge in [-0.05, 0) is 49.6 Å². The molecule has 1 aromatic rings. The summed E-state index contributed by atoms with van der Waals surface area (Å²) in [5.41, 5.74) is 2.83. The normalized spacial score (nSPS) is 10.8. The summed E-state index contributed by atoms with van der Waals surface area (Å²) in [4.78, 5) is 0. The van der Waals surface area contributed by atoms with Crippen molar-refractivity contribution in [1.29, 1.82) is 0 Å². The molecule has 90 valence electrons. The molecular weight excluding hydrogens is 205 g/mol. The first-order chi connectivity index (χ1) is 7.65. The lowest BCUT2D eigenvalue weighted by atomic mass is 10.0. The largest absolute Gasteiger partial charge is 0.383 e. The van der Waals surface area contributed by atoms with Crippen molar-refractivity contribution in [3.8, 4) is 0 Å². The third kappa shape index (κ3) is 3.91. The lowest BCUT2D eigenvalue weighted by Crippen LogP contribution is -2.22. The highest BCUT2D eigenvalue weighted by Gasteiger charge is 2.06. The van der Waals surface area contributed by atoms with Crippen LogP contribution >= 0.6 is 0 Å². The van der Waals surface area contributed by atoms with E-state index in [1.165, 1.54) is 0 Å². The first-order valence-electron chi connectivity index (χ1n) is 5.60. The second-order valence-corrected chi connectivity index (χ2v) is 4.03. The molecule has 0 aromatic heterocycles. The lowest BCUT2D eigenvalue weighted by molar-refractivity contribution is 0.199. The first kappa shape index (κ1) is 13.1. The van der Waals surface area contributed by atoms with Crippen LogP contribution in [0.25, 0.3) is 0 Å². The number of hydrogen-bond acceptors (Lipinski definition) is 2.